The highest BCUT2D eigenvalue weighted by atomic mass is 35.5. The summed E-state index contributed by atoms with van der Waals surface area (Å²) in [7, 11) is 0. The first-order valence-electron chi connectivity index (χ1n) is 6.03. The largest absolute Gasteiger partial charge is 0.312 e. The van der Waals surface area contributed by atoms with Gasteiger partial charge in [0.15, 0.2) is 0 Å². The number of fused-ring (bicyclic) bond motifs is 1. The van der Waals surface area contributed by atoms with E-state index in [9.17, 15) is 4.39 Å². The monoisotopic (exact) mass is 261 g/mol. The van der Waals surface area contributed by atoms with E-state index in [-0.39, 0.29) is 5.82 Å². The van der Waals surface area contributed by atoms with Crippen molar-refractivity contribution in [2.45, 2.75) is 13.0 Å². The zero-order chi connectivity index (χ0) is 12.5. The Labute approximate surface area is 111 Å². The second kappa shape index (κ2) is 4.71. The van der Waals surface area contributed by atoms with Crippen LogP contribution >= 0.6 is 11.6 Å². The average Bonchev–Trinajstić information content (AvgIpc) is 2.41. The van der Waals surface area contributed by atoms with E-state index >= 15 is 0 Å². The van der Waals surface area contributed by atoms with Gasteiger partial charge in [-0.1, -0.05) is 35.9 Å². The fourth-order valence-corrected chi connectivity index (χ4v) is 2.73. The molecule has 0 radical (unpaired) electrons. The molecule has 0 unspecified atom stereocenters. The van der Waals surface area contributed by atoms with Crippen molar-refractivity contribution in [3.05, 3.63) is 58.4 Å². The second-order valence-corrected chi connectivity index (χ2v) is 4.87. The van der Waals surface area contributed by atoms with Crippen LogP contribution in [0.2, 0.25) is 5.02 Å². The van der Waals surface area contributed by atoms with Gasteiger partial charge in [0.05, 0.1) is 0 Å². The number of rotatable bonds is 1. The number of hydrogen-bond donors (Lipinski definition) is 1. The van der Waals surface area contributed by atoms with Crippen LogP contribution in [0.15, 0.2) is 36.4 Å². The van der Waals surface area contributed by atoms with Crippen LogP contribution in [0.3, 0.4) is 0 Å². The Morgan fingerprint density at radius 3 is 2.67 bits per heavy atom. The average molecular weight is 262 g/mol. The molecule has 2 aromatic rings. The predicted molar refractivity (Wildman–Crippen MR) is 72.3 cm³/mol. The molecule has 2 aromatic carbocycles. The van der Waals surface area contributed by atoms with Crippen LogP contribution < -0.4 is 5.32 Å². The van der Waals surface area contributed by atoms with E-state index in [2.05, 4.69) is 5.32 Å². The fourth-order valence-electron chi connectivity index (χ4n) is 2.50. The molecule has 1 nitrogen and oxygen atoms in total. The second-order valence-electron chi connectivity index (χ2n) is 4.46. The lowest BCUT2D eigenvalue weighted by atomic mass is 9.91. The van der Waals surface area contributed by atoms with Crippen LogP contribution in [0, 0.1) is 5.82 Å². The van der Waals surface area contributed by atoms with Gasteiger partial charge in [-0.3, -0.25) is 0 Å². The van der Waals surface area contributed by atoms with Gasteiger partial charge in [0.25, 0.3) is 0 Å². The molecule has 0 saturated carbocycles. The molecule has 1 N–H and O–H groups in total. The van der Waals surface area contributed by atoms with Crippen LogP contribution in [0.25, 0.3) is 11.1 Å². The number of benzene rings is 2. The topological polar surface area (TPSA) is 12.0 Å². The van der Waals surface area contributed by atoms with Crippen LogP contribution in [-0.2, 0) is 13.0 Å². The van der Waals surface area contributed by atoms with E-state index in [1.807, 2.05) is 30.3 Å². The van der Waals surface area contributed by atoms with E-state index in [0.717, 1.165) is 35.2 Å². The lowest BCUT2D eigenvalue weighted by Gasteiger charge is -2.21. The van der Waals surface area contributed by atoms with E-state index in [1.54, 1.807) is 6.07 Å². The van der Waals surface area contributed by atoms with Gasteiger partial charge in [-0.25, -0.2) is 4.39 Å². The Bertz CT molecular complexity index is 595. The summed E-state index contributed by atoms with van der Waals surface area (Å²) >= 11 is 6.23. The fraction of sp³-hybridized carbons (Fsp3) is 0.200. The first kappa shape index (κ1) is 11.7. The highest BCUT2D eigenvalue weighted by Gasteiger charge is 2.18. The number of halogens is 2. The standard InChI is InChI=1S/C15H13ClFN/c16-14-4-2-1-3-11(14)10-5-6-15(17)12-7-8-18-9-13(10)12/h1-6,18H,7-9H2. The van der Waals surface area contributed by atoms with E-state index in [4.69, 9.17) is 11.6 Å². The molecule has 1 heterocycles. The molecule has 3 rings (SSSR count). The summed E-state index contributed by atoms with van der Waals surface area (Å²) < 4.78 is 13.8. The van der Waals surface area contributed by atoms with Gasteiger partial charge < -0.3 is 5.32 Å². The Kier molecular flexibility index (Phi) is 3.06. The van der Waals surface area contributed by atoms with Crippen molar-refractivity contribution in [1.82, 2.24) is 5.32 Å². The van der Waals surface area contributed by atoms with Gasteiger partial charge in [0, 0.05) is 17.1 Å². The Balaban J connectivity index is 2.22. The zero-order valence-corrected chi connectivity index (χ0v) is 10.6. The molecule has 1 aliphatic heterocycles. The summed E-state index contributed by atoms with van der Waals surface area (Å²) in [4.78, 5) is 0. The molecule has 0 atom stereocenters. The zero-order valence-electron chi connectivity index (χ0n) is 9.84. The molecular weight excluding hydrogens is 249 g/mol. The Morgan fingerprint density at radius 2 is 1.83 bits per heavy atom. The van der Waals surface area contributed by atoms with Gasteiger partial charge in [-0.2, -0.15) is 0 Å². The van der Waals surface area contributed by atoms with Crippen molar-refractivity contribution in [2.75, 3.05) is 6.54 Å². The van der Waals surface area contributed by atoms with Crippen LogP contribution in [-0.4, -0.2) is 6.54 Å². The molecule has 0 aliphatic carbocycles. The quantitative estimate of drug-likeness (QED) is 0.824. The third kappa shape index (κ3) is 1.92. The molecule has 0 aromatic heterocycles. The van der Waals surface area contributed by atoms with Gasteiger partial charge in [0.2, 0.25) is 0 Å². The lowest BCUT2D eigenvalue weighted by molar-refractivity contribution is 0.570. The van der Waals surface area contributed by atoms with Crippen molar-refractivity contribution in [3.63, 3.8) is 0 Å². The molecule has 18 heavy (non-hydrogen) atoms. The third-order valence-corrected chi connectivity index (χ3v) is 3.72. The maximum atomic E-state index is 13.8. The third-order valence-electron chi connectivity index (χ3n) is 3.39. The summed E-state index contributed by atoms with van der Waals surface area (Å²) in [6, 6.07) is 11.1. The predicted octanol–water partition coefficient (Wildman–Crippen LogP) is 3.79. The number of hydrogen-bond acceptors (Lipinski definition) is 1. The highest BCUT2D eigenvalue weighted by molar-refractivity contribution is 6.33. The summed E-state index contributed by atoms with van der Waals surface area (Å²) in [5, 5.41) is 3.99. The minimum absolute atomic E-state index is 0.109. The normalized spacial score (nSPS) is 14.3. The molecule has 0 bridgehead atoms. The maximum absolute atomic E-state index is 13.8. The van der Waals surface area contributed by atoms with Crippen molar-refractivity contribution < 1.29 is 4.39 Å². The highest BCUT2D eigenvalue weighted by Crippen LogP contribution is 2.34. The first-order valence-corrected chi connectivity index (χ1v) is 6.41. The van der Waals surface area contributed by atoms with Crippen LogP contribution in [0.1, 0.15) is 11.1 Å². The number of nitrogens with one attached hydrogen (secondary N) is 1. The van der Waals surface area contributed by atoms with Gasteiger partial charge in [-0.05, 0) is 41.8 Å². The van der Waals surface area contributed by atoms with Gasteiger partial charge in [0.1, 0.15) is 5.82 Å². The summed E-state index contributed by atoms with van der Waals surface area (Å²) in [6.45, 7) is 1.53. The molecule has 3 heteroatoms. The summed E-state index contributed by atoms with van der Waals surface area (Å²) in [6.07, 6.45) is 0.736. The molecule has 0 fully saturated rings. The molecule has 0 spiro atoms. The van der Waals surface area contributed by atoms with Crippen molar-refractivity contribution in [3.8, 4) is 11.1 Å². The van der Waals surface area contributed by atoms with Gasteiger partial charge in [-0.15, -0.1) is 0 Å². The Hall–Kier alpha value is -1.38. The minimum atomic E-state index is -0.109. The maximum Gasteiger partial charge on any atom is 0.126 e. The van der Waals surface area contributed by atoms with Crippen LogP contribution in [0.5, 0.6) is 0 Å². The lowest BCUT2D eigenvalue weighted by Crippen LogP contribution is -2.25. The van der Waals surface area contributed by atoms with Crippen LogP contribution in [0.4, 0.5) is 4.39 Å². The SMILES string of the molecule is Fc1ccc(-c2ccccc2Cl)c2c1CCNC2. The Morgan fingerprint density at radius 1 is 1.00 bits per heavy atom. The molecular formula is C15H13ClFN. The summed E-state index contributed by atoms with van der Waals surface area (Å²) in [5.74, 6) is -0.109. The molecule has 0 amide bonds. The molecule has 0 saturated heterocycles. The van der Waals surface area contributed by atoms with E-state index in [1.165, 1.54) is 0 Å². The van der Waals surface area contributed by atoms with Gasteiger partial charge >= 0.3 is 0 Å². The van der Waals surface area contributed by atoms with E-state index < -0.39 is 0 Å². The summed E-state index contributed by atoms with van der Waals surface area (Å²) in [5.41, 5.74) is 3.86. The van der Waals surface area contributed by atoms with E-state index in [0.29, 0.717) is 11.6 Å². The van der Waals surface area contributed by atoms with Crippen molar-refractivity contribution in [1.29, 1.82) is 0 Å². The van der Waals surface area contributed by atoms with Crippen molar-refractivity contribution >= 4 is 11.6 Å². The minimum Gasteiger partial charge on any atom is -0.312 e. The van der Waals surface area contributed by atoms with Crippen molar-refractivity contribution in [2.24, 2.45) is 0 Å². The first-order chi connectivity index (χ1) is 8.77. The smallest absolute Gasteiger partial charge is 0.126 e. The molecule has 92 valence electrons. The molecule has 1 aliphatic rings.